The van der Waals surface area contributed by atoms with Crippen LogP contribution in [0, 0.1) is 11.8 Å². The number of fused-ring (bicyclic) bond motifs is 1. The number of hydrogen-bond acceptors (Lipinski definition) is 4. The summed E-state index contributed by atoms with van der Waals surface area (Å²) < 4.78 is 11.2. The Hall–Kier alpha value is -0.810. The van der Waals surface area contributed by atoms with E-state index in [2.05, 4.69) is 10.6 Å². The van der Waals surface area contributed by atoms with Crippen molar-refractivity contribution in [2.45, 2.75) is 70.2 Å². The molecule has 5 nitrogen and oxygen atoms in total. The van der Waals surface area contributed by atoms with Crippen LogP contribution in [0.25, 0.3) is 0 Å². The van der Waals surface area contributed by atoms with Gasteiger partial charge in [-0.1, -0.05) is 6.42 Å². The Bertz CT molecular complexity index is 389. The van der Waals surface area contributed by atoms with Crippen LogP contribution in [-0.2, 0) is 9.47 Å². The van der Waals surface area contributed by atoms with Crippen molar-refractivity contribution in [2.24, 2.45) is 11.8 Å². The van der Waals surface area contributed by atoms with Gasteiger partial charge >= 0.3 is 6.09 Å². The summed E-state index contributed by atoms with van der Waals surface area (Å²) >= 11 is 0. The van der Waals surface area contributed by atoms with Gasteiger partial charge in [0.05, 0.1) is 18.2 Å². The number of rotatable bonds is 4. The van der Waals surface area contributed by atoms with Crippen molar-refractivity contribution >= 4 is 6.09 Å². The molecule has 0 aromatic carbocycles. The van der Waals surface area contributed by atoms with E-state index in [9.17, 15) is 4.79 Å². The van der Waals surface area contributed by atoms with Crippen LogP contribution in [0.1, 0.15) is 46.5 Å². The lowest BCUT2D eigenvalue weighted by molar-refractivity contribution is -0.0358. The summed E-state index contributed by atoms with van der Waals surface area (Å²) in [5, 5.41) is 6.67. The summed E-state index contributed by atoms with van der Waals surface area (Å²) in [6.45, 7) is 7.52. The van der Waals surface area contributed by atoms with Crippen molar-refractivity contribution in [1.29, 1.82) is 0 Å². The molecule has 2 aliphatic carbocycles. The first kappa shape index (κ1) is 15.1. The smallest absolute Gasteiger partial charge is 0.407 e. The summed E-state index contributed by atoms with van der Waals surface area (Å²) in [6.07, 6.45) is 5.02. The number of alkyl carbamates (subject to hydrolysis) is 1. The molecule has 2 N–H and O–H groups in total. The number of nitrogens with one attached hydrogen (secondary N) is 2. The molecule has 0 bridgehead atoms. The van der Waals surface area contributed by atoms with Gasteiger partial charge in [0, 0.05) is 12.5 Å². The van der Waals surface area contributed by atoms with Crippen molar-refractivity contribution < 1.29 is 14.3 Å². The molecule has 2 saturated carbocycles. The minimum atomic E-state index is -0.450. The fraction of sp³-hybridized carbons (Fsp3) is 0.938. The fourth-order valence-electron chi connectivity index (χ4n) is 3.59. The molecular weight excluding hydrogens is 268 g/mol. The maximum absolute atomic E-state index is 12.0. The molecule has 120 valence electrons. The van der Waals surface area contributed by atoms with Crippen LogP contribution in [0.5, 0.6) is 0 Å². The highest BCUT2D eigenvalue weighted by molar-refractivity contribution is 5.68. The summed E-state index contributed by atoms with van der Waals surface area (Å²) in [5.41, 5.74) is -0.450. The van der Waals surface area contributed by atoms with Gasteiger partial charge in [-0.15, -0.1) is 0 Å². The predicted octanol–water partition coefficient (Wildman–Crippen LogP) is 2.06. The van der Waals surface area contributed by atoms with Crippen molar-refractivity contribution in [1.82, 2.24) is 10.6 Å². The summed E-state index contributed by atoms with van der Waals surface area (Å²) in [6, 6.07) is 0.387. The number of carbonyl (C=O) groups is 1. The third-order valence-electron chi connectivity index (χ3n) is 4.94. The summed E-state index contributed by atoms with van der Waals surface area (Å²) in [4.78, 5) is 12.0. The maximum Gasteiger partial charge on any atom is 0.407 e. The Balaban J connectivity index is 1.52. The molecule has 3 aliphatic rings. The van der Waals surface area contributed by atoms with E-state index in [-0.39, 0.29) is 24.3 Å². The van der Waals surface area contributed by atoms with Crippen LogP contribution in [0.15, 0.2) is 0 Å². The normalized spacial score (nSPS) is 35.6. The zero-order chi connectivity index (χ0) is 15.0. The second-order valence-electron chi connectivity index (χ2n) is 7.69. The van der Waals surface area contributed by atoms with Gasteiger partial charge < -0.3 is 20.1 Å². The van der Waals surface area contributed by atoms with E-state index in [4.69, 9.17) is 9.47 Å². The highest BCUT2D eigenvalue weighted by atomic mass is 16.6. The Kier molecular flexibility index (Phi) is 4.14. The number of ether oxygens (including phenoxy) is 2. The predicted molar refractivity (Wildman–Crippen MR) is 80.1 cm³/mol. The van der Waals surface area contributed by atoms with E-state index in [1.807, 2.05) is 20.8 Å². The molecule has 0 radical (unpaired) electrons. The molecule has 1 heterocycles. The molecular formula is C16H28N2O3. The van der Waals surface area contributed by atoms with Gasteiger partial charge in [-0.05, 0) is 52.5 Å². The van der Waals surface area contributed by atoms with E-state index in [0.717, 1.165) is 25.5 Å². The largest absolute Gasteiger partial charge is 0.444 e. The molecule has 0 aromatic rings. The van der Waals surface area contributed by atoms with Crippen LogP contribution in [0.4, 0.5) is 4.79 Å². The van der Waals surface area contributed by atoms with Gasteiger partial charge in [0.25, 0.3) is 0 Å². The molecule has 1 saturated heterocycles. The van der Waals surface area contributed by atoms with Crippen LogP contribution in [0.2, 0.25) is 0 Å². The highest BCUT2D eigenvalue weighted by Gasteiger charge is 2.54. The lowest BCUT2D eigenvalue weighted by atomic mass is 9.71. The van der Waals surface area contributed by atoms with Gasteiger partial charge in [-0.25, -0.2) is 4.79 Å². The molecule has 3 fully saturated rings. The van der Waals surface area contributed by atoms with Crippen molar-refractivity contribution in [3.63, 3.8) is 0 Å². The minimum absolute atomic E-state index is 0.146. The van der Waals surface area contributed by atoms with Gasteiger partial charge in [0.15, 0.2) is 0 Å². The van der Waals surface area contributed by atoms with Crippen molar-refractivity contribution in [3.05, 3.63) is 0 Å². The van der Waals surface area contributed by atoms with Crippen LogP contribution in [0.3, 0.4) is 0 Å². The molecule has 4 atom stereocenters. The molecule has 4 unspecified atom stereocenters. The zero-order valence-electron chi connectivity index (χ0n) is 13.4. The highest BCUT2D eigenvalue weighted by Crippen LogP contribution is 2.39. The number of carbonyl (C=O) groups excluding carboxylic acids is 1. The second kappa shape index (κ2) is 5.76. The molecule has 1 aliphatic heterocycles. The van der Waals surface area contributed by atoms with Crippen LogP contribution in [-0.4, -0.2) is 43.0 Å². The SMILES string of the molecule is CC(C)(C)OC(=O)NC1C2CCOC2C1NCC1CCC1. The fourth-order valence-corrected chi connectivity index (χ4v) is 3.59. The topological polar surface area (TPSA) is 59.6 Å². The van der Waals surface area contributed by atoms with Gasteiger partial charge in [-0.2, -0.15) is 0 Å². The quantitative estimate of drug-likeness (QED) is 0.833. The third-order valence-corrected chi connectivity index (χ3v) is 4.94. The average Bonchev–Trinajstić information content (AvgIpc) is 2.71. The first-order valence-electron chi connectivity index (χ1n) is 8.28. The van der Waals surface area contributed by atoms with Crippen molar-refractivity contribution in [2.75, 3.05) is 13.2 Å². The van der Waals surface area contributed by atoms with E-state index >= 15 is 0 Å². The van der Waals surface area contributed by atoms with Gasteiger partial charge in [0.1, 0.15) is 5.60 Å². The summed E-state index contributed by atoms with van der Waals surface area (Å²) in [5.74, 6) is 1.25. The lowest BCUT2D eigenvalue weighted by Crippen LogP contribution is -2.70. The van der Waals surface area contributed by atoms with E-state index < -0.39 is 5.60 Å². The van der Waals surface area contributed by atoms with Crippen molar-refractivity contribution in [3.8, 4) is 0 Å². The Morgan fingerprint density at radius 1 is 1.24 bits per heavy atom. The van der Waals surface area contributed by atoms with E-state index in [1.165, 1.54) is 19.3 Å². The standard InChI is InChI=1S/C16H28N2O3/c1-16(2,3)21-15(19)18-12-11-7-8-20-14(11)13(12)17-9-10-5-4-6-10/h10-14,17H,4-9H2,1-3H3,(H,18,19). The number of hydrogen-bond donors (Lipinski definition) is 2. The second-order valence-corrected chi connectivity index (χ2v) is 7.69. The van der Waals surface area contributed by atoms with E-state index in [0.29, 0.717) is 5.92 Å². The third kappa shape index (κ3) is 3.34. The zero-order valence-corrected chi connectivity index (χ0v) is 13.4. The van der Waals surface area contributed by atoms with Crippen LogP contribution < -0.4 is 10.6 Å². The Morgan fingerprint density at radius 2 is 2.00 bits per heavy atom. The minimum Gasteiger partial charge on any atom is -0.444 e. The molecule has 1 amide bonds. The molecule has 21 heavy (non-hydrogen) atoms. The first-order valence-corrected chi connectivity index (χ1v) is 8.28. The van der Waals surface area contributed by atoms with E-state index in [1.54, 1.807) is 0 Å². The Labute approximate surface area is 127 Å². The maximum atomic E-state index is 12.0. The monoisotopic (exact) mass is 296 g/mol. The summed E-state index contributed by atoms with van der Waals surface area (Å²) in [7, 11) is 0. The van der Waals surface area contributed by atoms with Gasteiger partial charge in [-0.3, -0.25) is 0 Å². The van der Waals surface area contributed by atoms with Gasteiger partial charge in [0.2, 0.25) is 0 Å². The Morgan fingerprint density at radius 3 is 2.62 bits per heavy atom. The lowest BCUT2D eigenvalue weighted by Gasteiger charge is -2.48. The first-order chi connectivity index (χ1) is 9.94. The molecule has 3 rings (SSSR count). The molecule has 0 spiro atoms. The van der Waals surface area contributed by atoms with Crippen LogP contribution >= 0.6 is 0 Å². The molecule has 5 heteroatoms. The number of amides is 1. The molecule has 0 aromatic heterocycles. The average molecular weight is 296 g/mol.